The second kappa shape index (κ2) is 3.27. The van der Waals surface area contributed by atoms with E-state index in [0.717, 1.165) is 17.0 Å². The van der Waals surface area contributed by atoms with Gasteiger partial charge in [-0.3, -0.25) is 0 Å². The van der Waals surface area contributed by atoms with E-state index in [1.54, 1.807) is 0 Å². The molecule has 80 valence electrons. The Labute approximate surface area is 94.4 Å². The minimum Gasteiger partial charge on any atom is -0.237 e. The van der Waals surface area contributed by atoms with Crippen molar-refractivity contribution >= 4 is 21.6 Å². The average molecular weight is 220 g/mol. The maximum Gasteiger partial charge on any atom is 0.126 e. The molecule has 0 aliphatic rings. The molecule has 0 amide bonds. The Morgan fingerprint density at radius 1 is 1.13 bits per heavy atom. The lowest BCUT2D eigenvalue weighted by Gasteiger charge is -2.14. The fourth-order valence-electron chi connectivity index (χ4n) is 1.59. The van der Waals surface area contributed by atoms with Crippen LogP contribution >= 0.6 is 11.3 Å². The minimum absolute atomic E-state index is 0.200. The molecule has 0 fully saturated rings. The van der Waals surface area contributed by atoms with Gasteiger partial charge in [-0.1, -0.05) is 20.8 Å². The Bertz CT molecular complexity index is 506. The van der Waals surface area contributed by atoms with E-state index in [0.29, 0.717) is 0 Å². The summed E-state index contributed by atoms with van der Waals surface area (Å²) in [6.45, 7) is 10.7. The highest BCUT2D eigenvalue weighted by atomic mass is 32.1. The zero-order valence-electron chi connectivity index (χ0n) is 9.88. The number of aryl methyl sites for hydroxylation is 2. The summed E-state index contributed by atoms with van der Waals surface area (Å²) in [6.07, 6.45) is 0. The predicted molar refractivity (Wildman–Crippen MR) is 65.6 cm³/mol. The molecule has 0 saturated heterocycles. The van der Waals surface area contributed by atoms with Crippen LogP contribution in [0, 0.1) is 13.8 Å². The number of nitrogens with zero attached hydrogens (tertiary/aromatic N) is 2. The van der Waals surface area contributed by atoms with Crippen molar-refractivity contribution in [2.75, 3.05) is 0 Å². The lowest BCUT2D eigenvalue weighted by molar-refractivity contribution is 0.604. The maximum absolute atomic E-state index is 4.47. The zero-order valence-corrected chi connectivity index (χ0v) is 10.7. The Morgan fingerprint density at radius 3 is 2.40 bits per heavy atom. The molecule has 0 atom stereocenters. The summed E-state index contributed by atoms with van der Waals surface area (Å²) in [5, 5.41) is 0. The first-order valence-electron chi connectivity index (χ1n) is 5.13. The first kappa shape index (κ1) is 10.6. The van der Waals surface area contributed by atoms with E-state index in [1.807, 2.05) is 18.3 Å². The molecular formula is C12H16N2S. The van der Waals surface area contributed by atoms with E-state index < -0.39 is 0 Å². The number of hydrogen-bond donors (Lipinski definition) is 0. The fraction of sp³-hybridized carbons (Fsp3) is 0.500. The molecule has 2 aromatic rings. The predicted octanol–water partition coefficient (Wildman–Crippen LogP) is 3.61. The first-order chi connectivity index (χ1) is 6.88. The Balaban J connectivity index is 2.71. The lowest BCUT2D eigenvalue weighted by Crippen LogP contribution is -2.07. The third kappa shape index (κ3) is 1.88. The van der Waals surface area contributed by atoms with Crippen LogP contribution in [0.2, 0.25) is 0 Å². The van der Waals surface area contributed by atoms with Gasteiger partial charge in [-0.15, -0.1) is 11.3 Å². The molecule has 0 saturated carbocycles. The standard InChI is InChI=1S/C12H16N2S/c1-7-11-9(14-8(2)13-7)6-10(15-11)12(3,4)5/h6H,1-5H3. The molecule has 0 unspecified atom stereocenters. The number of hydrogen-bond acceptors (Lipinski definition) is 3. The highest BCUT2D eigenvalue weighted by Gasteiger charge is 2.18. The summed E-state index contributed by atoms with van der Waals surface area (Å²) in [5.41, 5.74) is 2.39. The molecular weight excluding hydrogens is 204 g/mol. The van der Waals surface area contributed by atoms with Crippen LogP contribution in [0.4, 0.5) is 0 Å². The number of thiophene rings is 1. The van der Waals surface area contributed by atoms with Gasteiger partial charge in [0.15, 0.2) is 0 Å². The summed E-state index contributed by atoms with van der Waals surface area (Å²) in [6, 6.07) is 2.20. The Hall–Kier alpha value is -0.960. The number of fused-ring (bicyclic) bond motifs is 1. The van der Waals surface area contributed by atoms with Gasteiger partial charge in [0.05, 0.1) is 15.9 Å². The van der Waals surface area contributed by atoms with Crippen molar-refractivity contribution in [1.82, 2.24) is 9.97 Å². The first-order valence-corrected chi connectivity index (χ1v) is 5.95. The smallest absolute Gasteiger partial charge is 0.126 e. The normalized spacial score (nSPS) is 12.3. The van der Waals surface area contributed by atoms with Crippen LogP contribution in [0.5, 0.6) is 0 Å². The fourth-order valence-corrected chi connectivity index (χ4v) is 2.69. The van der Waals surface area contributed by atoms with Crippen molar-refractivity contribution in [2.24, 2.45) is 0 Å². The quantitative estimate of drug-likeness (QED) is 0.678. The van der Waals surface area contributed by atoms with Crippen LogP contribution in [-0.2, 0) is 5.41 Å². The molecule has 0 spiro atoms. The van der Waals surface area contributed by atoms with Crippen molar-refractivity contribution in [3.63, 3.8) is 0 Å². The Kier molecular flexibility index (Phi) is 2.30. The monoisotopic (exact) mass is 220 g/mol. The van der Waals surface area contributed by atoms with E-state index in [1.165, 1.54) is 9.58 Å². The van der Waals surface area contributed by atoms with Crippen molar-refractivity contribution < 1.29 is 0 Å². The summed E-state index contributed by atoms with van der Waals surface area (Å²) < 4.78 is 1.23. The molecule has 0 aliphatic heterocycles. The van der Waals surface area contributed by atoms with Crippen LogP contribution in [0.1, 0.15) is 37.2 Å². The highest BCUT2D eigenvalue weighted by molar-refractivity contribution is 7.19. The van der Waals surface area contributed by atoms with Gasteiger partial charge in [0.1, 0.15) is 5.82 Å². The van der Waals surface area contributed by atoms with Gasteiger partial charge in [-0.25, -0.2) is 9.97 Å². The molecule has 3 heteroatoms. The number of aromatic nitrogens is 2. The second-order valence-corrected chi connectivity index (χ2v) is 5.98. The van der Waals surface area contributed by atoms with Crippen LogP contribution in [-0.4, -0.2) is 9.97 Å². The van der Waals surface area contributed by atoms with E-state index >= 15 is 0 Å². The van der Waals surface area contributed by atoms with Gasteiger partial charge in [-0.05, 0) is 25.3 Å². The van der Waals surface area contributed by atoms with Gasteiger partial charge in [0.2, 0.25) is 0 Å². The third-order valence-corrected chi connectivity index (χ3v) is 4.05. The minimum atomic E-state index is 0.200. The summed E-state index contributed by atoms with van der Waals surface area (Å²) in [5.74, 6) is 0.859. The lowest BCUT2D eigenvalue weighted by atomic mass is 9.95. The molecule has 2 aromatic heterocycles. The Morgan fingerprint density at radius 2 is 1.80 bits per heavy atom. The van der Waals surface area contributed by atoms with Crippen molar-refractivity contribution in [1.29, 1.82) is 0 Å². The van der Waals surface area contributed by atoms with Crippen LogP contribution < -0.4 is 0 Å². The second-order valence-electron chi connectivity index (χ2n) is 4.93. The van der Waals surface area contributed by atoms with Crippen molar-refractivity contribution in [3.8, 4) is 0 Å². The van der Waals surface area contributed by atoms with Gasteiger partial charge < -0.3 is 0 Å². The van der Waals surface area contributed by atoms with Gasteiger partial charge in [0.25, 0.3) is 0 Å². The average Bonchev–Trinajstić information content (AvgIpc) is 2.46. The molecule has 2 nitrogen and oxygen atoms in total. The van der Waals surface area contributed by atoms with E-state index in [2.05, 4.69) is 43.7 Å². The molecule has 0 aromatic carbocycles. The molecule has 0 N–H and O–H groups in total. The molecule has 0 radical (unpaired) electrons. The van der Waals surface area contributed by atoms with Crippen LogP contribution in [0.3, 0.4) is 0 Å². The van der Waals surface area contributed by atoms with Gasteiger partial charge >= 0.3 is 0 Å². The van der Waals surface area contributed by atoms with Crippen LogP contribution in [0.15, 0.2) is 6.07 Å². The summed E-state index contributed by atoms with van der Waals surface area (Å²) in [7, 11) is 0. The summed E-state index contributed by atoms with van der Waals surface area (Å²) >= 11 is 1.81. The largest absolute Gasteiger partial charge is 0.237 e. The van der Waals surface area contributed by atoms with Crippen molar-refractivity contribution in [3.05, 3.63) is 22.5 Å². The molecule has 15 heavy (non-hydrogen) atoms. The molecule has 2 rings (SSSR count). The van der Waals surface area contributed by atoms with Crippen molar-refractivity contribution in [2.45, 2.75) is 40.0 Å². The van der Waals surface area contributed by atoms with E-state index in [-0.39, 0.29) is 5.41 Å². The van der Waals surface area contributed by atoms with E-state index in [4.69, 9.17) is 0 Å². The maximum atomic E-state index is 4.47. The van der Waals surface area contributed by atoms with Gasteiger partial charge in [0, 0.05) is 4.88 Å². The van der Waals surface area contributed by atoms with Crippen LogP contribution in [0.25, 0.3) is 10.2 Å². The highest BCUT2D eigenvalue weighted by Crippen LogP contribution is 2.34. The molecule has 0 bridgehead atoms. The third-order valence-electron chi connectivity index (χ3n) is 2.39. The zero-order chi connectivity index (χ0) is 11.2. The van der Waals surface area contributed by atoms with Gasteiger partial charge in [-0.2, -0.15) is 0 Å². The molecule has 0 aliphatic carbocycles. The molecule has 2 heterocycles. The number of rotatable bonds is 0. The SMILES string of the molecule is Cc1nc(C)c2sc(C(C)(C)C)cc2n1. The van der Waals surface area contributed by atoms with E-state index in [9.17, 15) is 0 Å². The summed E-state index contributed by atoms with van der Waals surface area (Å²) in [4.78, 5) is 10.2. The topological polar surface area (TPSA) is 25.8 Å².